The van der Waals surface area contributed by atoms with Gasteiger partial charge in [-0.05, 0) is 73.7 Å². The average molecular weight is 387 g/mol. The first kappa shape index (κ1) is 18.2. The molecule has 0 heterocycles. The van der Waals surface area contributed by atoms with Gasteiger partial charge in [0.1, 0.15) is 11.4 Å². The normalized spacial score (nSPS) is 21.3. The van der Waals surface area contributed by atoms with E-state index in [9.17, 15) is 9.18 Å². The van der Waals surface area contributed by atoms with Gasteiger partial charge >= 0.3 is 6.09 Å². The van der Waals surface area contributed by atoms with Crippen LogP contribution in [0.15, 0.2) is 22.7 Å². The van der Waals surface area contributed by atoms with Crippen LogP contribution in [0.5, 0.6) is 0 Å². The second kappa shape index (κ2) is 7.62. The summed E-state index contributed by atoms with van der Waals surface area (Å²) in [5.74, 6) is -0.265. The van der Waals surface area contributed by atoms with Gasteiger partial charge in [-0.25, -0.2) is 9.18 Å². The molecule has 0 aliphatic heterocycles. The van der Waals surface area contributed by atoms with Gasteiger partial charge in [0, 0.05) is 18.6 Å². The summed E-state index contributed by atoms with van der Waals surface area (Å²) in [6, 6.07) is 5.25. The Bertz CT molecular complexity index is 560. The quantitative estimate of drug-likeness (QED) is 0.817. The zero-order chi connectivity index (χ0) is 17.0. The second-order valence-corrected chi connectivity index (χ2v) is 7.77. The van der Waals surface area contributed by atoms with Gasteiger partial charge in [-0.3, -0.25) is 0 Å². The minimum atomic E-state index is -0.494. The van der Waals surface area contributed by atoms with Gasteiger partial charge in [0.2, 0.25) is 0 Å². The fourth-order valence-corrected chi connectivity index (χ4v) is 3.16. The maximum atomic E-state index is 13.3. The molecular weight excluding hydrogens is 363 g/mol. The maximum absolute atomic E-state index is 13.3. The van der Waals surface area contributed by atoms with Gasteiger partial charge in [0.25, 0.3) is 0 Å². The molecule has 128 valence electrons. The maximum Gasteiger partial charge on any atom is 0.407 e. The second-order valence-electron chi connectivity index (χ2n) is 6.92. The van der Waals surface area contributed by atoms with Crippen molar-refractivity contribution in [1.82, 2.24) is 10.6 Å². The number of benzene rings is 1. The van der Waals surface area contributed by atoms with Crippen LogP contribution in [0.1, 0.15) is 45.6 Å². The van der Waals surface area contributed by atoms with Crippen molar-refractivity contribution in [2.24, 2.45) is 0 Å². The summed E-state index contributed by atoms with van der Waals surface area (Å²) in [5, 5.41) is 6.40. The van der Waals surface area contributed by atoms with Crippen molar-refractivity contribution < 1.29 is 13.9 Å². The number of amides is 1. The molecule has 1 aromatic carbocycles. The zero-order valence-corrected chi connectivity index (χ0v) is 15.4. The van der Waals surface area contributed by atoms with Crippen LogP contribution in [0.4, 0.5) is 9.18 Å². The summed E-state index contributed by atoms with van der Waals surface area (Å²) < 4.78 is 19.0. The smallest absolute Gasteiger partial charge is 0.407 e. The third-order valence-corrected chi connectivity index (χ3v) is 4.38. The van der Waals surface area contributed by atoms with E-state index in [4.69, 9.17) is 4.74 Å². The Kier molecular flexibility index (Phi) is 6.03. The predicted molar refractivity (Wildman–Crippen MR) is 91.7 cm³/mol. The van der Waals surface area contributed by atoms with Gasteiger partial charge in [-0.1, -0.05) is 6.07 Å². The summed E-state index contributed by atoms with van der Waals surface area (Å²) in [7, 11) is 0. The number of halogens is 2. The molecule has 1 aliphatic carbocycles. The number of alkyl carbamates (subject to hydrolysis) is 1. The Morgan fingerprint density at radius 2 is 2.04 bits per heavy atom. The largest absolute Gasteiger partial charge is 0.444 e. The fourth-order valence-electron chi connectivity index (χ4n) is 2.73. The lowest BCUT2D eigenvalue weighted by molar-refractivity contribution is 0.0498. The van der Waals surface area contributed by atoms with Crippen LogP contribution < -0.4 is 10.6 Å². The van der Waals surface area contributed by atoms with Crippen molar-refractivity contribution >= 4 is 22.0 Å². The monoisotopic (exact) mass is 386 g/mol. The highest BCUT2D eigenvalue weighted by Crippen LogP contribution is 2.21. The molecule has 1 aromatic rings. The third-order valence-electron chi connectivity index (χ3n) is 3.77. The molecule has 23 heavy (non-hydrogen) atoms. The zero-order valence-electron chi connectivity index (χ0n) is 13.8. The standard InChI is InChI=1S/C17H24BrFN2O2/c1-17(2,3)23-16(22)21-15-6-4-5-14(15)20-10-11-7-8-13(19)12(18)9-11/h7-9,14-15,20H,4-6,10H2,1-3H3,(H,21,22). The highest BCUT2D eigenvalue weighted by atomic mass is 79.9. The van der Waals surface area contributed by atoms with Crippen LogP contribution in [-0.2, 0) is 11.3 Å². The van der Waals surface area contributed by atoms with E-state index in [2.05, 4.69) is 26.6 Å². The van der Waals surface area contributed by atoms with Gasteiger partial charge < -0.3 is 15.4 Å². The topological polar surface area (TPSA) is 50.4 Å². The number of rotatable bonds is 4. The van der Waals surface area contributed by atoms with E-state index in [1.54, 1.807) is 12.1 Å². The van der Waals surface area contributed by atoms with E-state index in [1.165, 1.54) is 6.07 Å². The van der Waals surface area contributed by atoms with E-state index < -0.39 is 5.60 Å². The lowest BCUT2D eigenvalue weighted by Crippen LogP contribution is -2.47. The molecule has 1 amide bonds. The van der Waals surface area contributed by atoms with E-state index in [1.807, 2.05) is 20.8 Å². The molecule has 1 fully saturated rings. The van der Waals surface area contributed by atoms with Crippen molar-refractivity contribution in [2.75, 3.05) is 0 Å². The number of hydrogen-bond acceptors (Lipinski definition) is 3. The minimum absolute atomic E-state index is 0.0636. The van der Waals surface area contributed by atoms with Crippen LogP contribution in [0.25, 0.3) is 0 Å². The number of hydrogen-bond donors (Lipinski definition) is 2. The summed E-state index contributed by atoms with van der Waals surface area (Å²) in [4.78, 5) is 11.9. The Morgan fingerprint density at radius 1 is 1.35 bits per heavy atom. The molecule has 0 saturated heterocycles. The Balaban J connectivity index is 1.86. The lowest BCUT2D eigenvalue weighted by atomic mass is 10.1. The molecule has 1 saturated carbocycles. The van der Waals surface area contributed by atoms with Crippen LogP contribution in [0.2, 0.25) is 0 Å². The van der Waals surface area contributed by atoms with Crippen molar-refractivity contribution in [1.29, 1.82) is 0 Å². The highest BCUT2D eigenvalue weighted by Gasteiger charge is 2.29. The average Bonchev–Trinajstić information content (AvgIpc) is 2.85. The van der Waals surface area contributed by atoms with E-state index in [-0.39, 0.29) is 24.0 Å². The van der Waals surface area contributed by atoms with E-state index >= 15 is 0 Å². The molecule has 0 radical (unpaired) electrons. The fraction of sp³-hybridized carbons (Fsp3) is 0.588. The van der Waals surface area contributed by atoms with Crippen LogP contribution in [-0.4, -0.2) is 23.8 Å². The minimum Gasteiger partial charge on any atom is -0.444 e. The van der Waals surface area contributed by atoms with Gasteiger partial charge in [0.15, 0.2) is 0 Å². The van der Waals surface area contributed by atoms with Crippen molar-refractivity contribution in [3.8, 4) is 0 Å². The van der Waals surface area contributed by atoms with Crippen molar-refractivity contribution in [2.45, 2.75) is 64.3 Å². The number of nitrogens with one attached hydrogen (secondary N) is 2. The Morgan fingerprint density at radius 3 is 2.70 bits per heavy atom. The number of ether oxygens (including phenoxy) is 1. The molecule has 1 aliphatic rings. The SMILES string of the molecule is CC(C)(C)OC(=O)NC1CCCC1NCc1ccc(F)c(Br)c1. The van der Waals surface area contributed by atoms with Gasteiger partial charge in [-0.15, -0.1) is 0 Å². The van der Waals surface area contributed by atoms with Crippen LogP contribution in [0, 0.1) is 5.82 Å². The molecule has 2 N–H and O–H groups in total. The summed E-state index contributed by atoms with van der Waals surface area (Å²) >= 11 is 3.20. The first-order valence-corrected chi connectivity index (χ1v) is 8.71. The Labute approximate surface area is 145 Å². The predicted octanol–water partition coefficient (Wildman–Crippen LogP) is 4.12. The third kappa shape index (κ3) is 5.77. The molecule has 2 rings (SSSR count). The number of carbonyl (C=O) groups excluding carboxylic acids is 1. The van der Waals surface area contributed by atoms with E-state index in [0.29, 0.717) is 11.0 Å². The molecule has 0 spiro atoms. The molecule has 4 nitrogen and oxygen atoms in total. The highest BCUT2D eigenvalue weighted by molar-refractivity contribution is 9.10. The first-order chi connectivity index (χ1) is 10.7. The van der Waals surface area contributed by atoms with Crippen molar-refractivity contribution in [3.63, 3.8) is 0 Å². The molecular formula is C17H24BrFN2O2. The van der Waals surface area contributed by atoms with Gasteiger partial charge in [0.05, 0.1) is 4.47 Å². The van der Waals surface area contributed by atoms with E-state index in [0.717, 1.165) is 24.8 Å². The first-order valence-electron chi connectivity index (χ1n) is 7.91. The van der Waals surface area contributed by atoms with Crippen LogP contribution >= 0.6 is 15.9 Å². The molecule has 0 bridgehead atoms. The number of carbonyl (C=O) groups is 1. The molecule has 2 atom stereocenters. The van der Waals surface area contributed by atoms with Crippen molar-refractivity contribution in [3.05, 3.63) is 34.1 Å². The molecule has 2 unspecified atom stereocenters. The van der Waals surface area contributed by atoms with Crippen LogP contribution in [0.3, 0.4) is 0 Å². The molecule has 0 aromatic heterocycles. The lowest BCUT2D eigenvalue weighted by Gasteiger charge is -2.25. The summed E-state index contributed by atoms with van der Waals surface area (Å²) in [5.41, 5.74) is 0.507. The molecule has 6 heteroatoms. The summed E-state index contributed by atoms with van der Waals surface area (Å²) in [6.45, 7) is 6.19. The summed E-state index contributed by atoms with van der Waals surface area (Å²) in [6.07, 6.45) is 2.62. The van der Waals surface area contributed by atoms with Gasteiger partial charge in [-0.2, -0.15) is 0 Å². The Hall–Kier alpha value is -1.14.